The summed E-state index contributed by atoms with van der Waals surface area (Å²) in [6.07, 6.45) is 5.44. The van der Waals surface area contributed by atoms with Crippen LogP contribution in [0.25, 0.3) is 0 Å². The minimum absolute atomic E-state index is 0.842. The van der Waals surface area contributed by atoms with Gasteiger partial charge in [0.1, 0.15) is 0 Å². The fraction of sp³-hybridized carbons (Fsp3) is 0.500. The van der Waals surface area contributed by atoms with E-state index in [1.165, 1.54) is 41.2 Å². The SMILES string of the molecule is CCCCC1CC[S+]=C(c2ccc(Br)cc2)S1. The zero-order valence-electron chi connectivity index (χ0n) is 10.1. The Hall–Kier alpha value is 0.140. The third kappa shape index (κ3) is 4.08. The lowest BCUT2D eigenvalue weighted by Crippen LogP contribution is -2.16. The molecular formula is C14H18BrS2+. The highest BCUT2D eigenvalue weighted by atomic mass is 79.9. The van der Waals surface area contributed by atoms with Crippen LogP contribution in [0.2, 0.25) is 0 Å². The molecule has 0 fully saturated rings. The molecule has 92 valence electrons. The highest BCUT2D eigenvalue weighted by Gasteiger charge is 2.26. The van der Waals surface area contributed by atoms with Crippen LogP contribution in [-0.4, -0.2) is 15.2 Å². The van der Waals surface area contributed by atoms with Gasteiger partial charge in [-0.05, 0) is 30.7 Å². The average Bonchev–Trinajstić information content (AvgIpc) is 2.37. The topological polar surface area (TPSA) is 0 Å². The number of rotatable bonds is 4. The molecule has 0 amide bonds. The van der Waals surface area contributed by atoms with Gasteiger partial charge in [0.25, 0.3) is 4.20 Å². The van der Waals surface area contributed by atoms with Crippen molar-refractivity contribution in [2.75, 3.05) is 5.75 Å². The van der Waals surface area contributed by atoms with Crippen molar-refractivity contribution >= 4 is 43.2 Å². The van der Waals surface area contributed by atoms with Crippen molar-refractivity contribution < 1.29 is 0 Å². The molecule has 1 aromatic carbocycles. The van der Waals surface area contributed by atoms with Crippen LogP contribution in [-0.2, 0) is 11.4 Å². The van der Waals surface area contributed by atoms with Crippen LogP contribution in [0.4, 0.5) is 0 Å². The van der Waals surface area contributed by atoms with Gasteiger partial charge in [0, 0.05) is 21.7 Å². The largest absolute Gasteiger partial charge is 0.265 e. The minimum Gasteiger partial charge on any atom is -0.0654 e. The molecule has 0 bridgehead atoms. The normalized spacial score (nSPS) is 20.1. The Morgan fingerprint density at radius 2 is 2.12 bits per heavy atom. The minimum atomic E-state index is 0.842. The smallest absolute Gasteiger partial charge is 0.0654 e. The standard InChI is InChI=1S/C14H18BrS2/c1-2-3-4-13-9-10-16-14(17-13)11-5-7-12(15)8-6-11/h5-8,13H,2-4,9-10H2,1H3/q+1. The Morgan fingerprint density at radius 3 is 2.82 bits per heavy atom. The molecule has 0 aromatic heterocycles. The molecular weight excluding hydrogens is 312 g/mol. The van der Waals surface area contributed by atoms with Gasteiger partial charge in [0.2, 0.25) is 0 Å². The Bertz CT molecular complexity index is 384. The van der Waals surface area contributed by atoms with Gasteiger partial charge in [-0.3, -0.25) is 0 Å². The molecule has 1 aliphatic rings. The van der Waals surface area contributed by atoms with Gasteiger partial charge in [-0.25, -0.2) is 0 Å². The second-order valence-electron chi connectivity index (χ2n) is 4.31. The molecule has 1 unspecified atom stereocenters. The van der Waals surface area contributed by atoms with E-state index in [1.807, 2.05) is 11.4 Å². The lowest BCUT2D eigenvalue weighted by atomic mass is 10.2. The van der Waals surface area contributed by atoms with Crippen LogP contribution in [0.15, 0.2) is 28.7 Å². The molecule has 1 atom stereocenters. The van der Waals surface area contributed by atoms with Crippen molar-refractivity contribution in [1.29, 1.82) is 0 Å². The molecule has 2 rings (SSSR count). The molecule has 0 nitrogen and oxygen atoms in total. The van der Waals surface area contributed by atoms with Crippen molar-refractivity contribution in [2.24, 2.45) is 0 Å². The van der Waals surface area contributed by atoms with Gasteiger partial charge in [-0.15, -0.1) is 0 Å². The summed E-state index contributed by atoms with van der Waals surface area (Å²) in [5.41, 5.74) is 1.39. The molecule has 1 heterocycles. The van der Waals surface area contributed by atoms with Crippen LogP contribution in [0, 0.1) is 0 Å². The van der Waals surface area contributed by atoms with E-state index in [0.717, 1.165) is 9.72 Å². The lowest BCUT2D eigenvalue weighted by Gasteiger charge is -2.14. The summed E-state index contributed by atoms with van der Waals surface area (Å²) < 4.78 is 2.68. The van der Waals surface area contributed by atoms with Gasteiger partial charge in [0.05, 0.1) is 0 Å². The summed E-state index contributed by atoms with van der Waals surface area (Å²) in [6.45, 7) is 2.28. The predicted molar refractivity (Wildman–Crippen MR) is 86.0 cm³/mol. The van der Waals surface area contributed by atoms with Gasteiger partial charge < -0.3 is 0 Å². The van der Waals surface area contributed by atoms with Gasteiger partial charge in [-0.1, -0.05) is 47.5 Å². The third-order valence-electron chi connectivity index (χ3n) is 2.91. The van der Waals surface area contributed by atoms with Crippen LogP contribution < -0.4 is 0 Å². The number of hydrogen-bond donors (Lipinski definition) is 0. The Balaban J connectivity index is 2.01. The van der Waals surface area contributed by atoms with E-state index in [-0.39, 0.29) is 0 Å². The van der Waals surface area contributed by atoms with Gasteiger partial charge >= 0.3 is 0 Å². The molecule has 17 heavy (non-hydrogen) atoms. The second kappa shape index (κ2) is 6.91. The van der Waals surface area contributed by atoms with E-state index in [4.69, 9.17) is 0 Å². The number of halogens is 1. The summed E-state index contributed by atoms with van der Waals surface area (Å²) in [5.74, 6) is 1.28. The summed E-state index contributed by atoms with van der Waals surface area (Å²) in [4.78, 5) is 0. The number of hydrogen-bond acceptors (Lipinski definition) is 1. The molecule has 0 saturated heterocycles. The molecule has 0 saturated carbocycles. The summed E-state index contributed by atoms with van der Waals surface area (Å²) in [6, 6.07) is 8.72. The maximum absolute atomic E-state index is 3.49. The van der Waals surface area contributed by atoms with Crippen LogP contribution in [0.1, 0.15) is 38.2 Å². The first-order valence-electron chi connectivity index (χ1n) is 6.22. The van der Waals surface area contributed by atoms with E-state index in [2.05, 4.69) is 58.9 Å². The van der Waals surface area contributed by atoms with E-state index >= 15 is 0 Å². The quantitative estimate of drug-likeness (QED) is 0.569. The first-order valence-corrected chi connectivity index (χ1v) is 8.87. The average molecular weight is 330 g/mol. The summed E-state index contributed by atoms with van der Waals surface area (Å²) >= 11 is 7.61. The fourth-order valence-corrected chi connectivity index (χ4v) is 5.23. The van der Waals surface area contributed by atoms with Crippen molar-refractivity contribution in [3.05, 3.63) is 34.3 Å². The fourth-order valence-electron chi connectivity index (χ4n) is 1.90. The van der Waals surface area contributed by atoms with Crippen LogP contribution in [0.3, 0.4) is 0 Å². The molecule has 1 aliphatic heterocycles. The Labute approximate surface area is 121 Å². The molecule has 0 N–H and O–H groups in total. The molecule has 3 heteroatoms. The van der Waals surface area contributed by atoms with Crippen molar-refractivity contribution in [1.82, 2.24) is 0 Å². The number of benzene rings is 1. The van der Waals surface area contributed by atoms with E-state index in [0.29, 0.717) is 0 Å². The zero-order chi connectivity index (χ0) is 12.1. The summed E-state index contributed by atoms with van der Waals surface area (Å²) in [7, 11) is 0. The van der Waals surface area contributed by atoms with Crippen molar-refractivity contribution in [3.8, 4) is 0 Å². The Morgan fingerprint density at radius 1 is 1.35 bits per heavy atom. The summed E-state index contributed by atoms with van der Waals surface area (Å²) in [5, 5.41) is 0.842. The maximum Gasteiger partial charge on any atom is 0.265 e. The molecule has 0 aliphatic carbocycles. The van der Waals surface area contributed by atoms with Crippen LogP contribution >= 0.6 is 27.7 Å². The van der Waals surface area contributed by atoms with E-state index < -0.39 is 0 Å². The van der Waals surface area contributed by atoms with Crippen molar-refractivity contribution in [2.45, 2.75) is 37.9 Å². The molecule has 0 radical (unpaired) electrons. The first kappa shape index (κ1) is 13.6. The third-order valence-corrected chi connectivity index (χ3v) is 6.27. The zero-order valence-corrected chi connectivity index (χ0v) is 13.3. The maximum atomic E-state index is 3.49. The molecule has 1 aromatic rings. The molecule has 0 spiro atoms. The highest BCUT2D eigenvalue weighted by molar-refractivity contribution is 9.10. The predicted octanol–water partition coefficient (Wildman–Crippen LogP) is 4.71. The van der Waals surface area contributed by atoms with Gasteiger partial charge in [-0.2, -0.15) is 0 Å². The first-order chi connectivity index (χ1) is 8.29. The number of unbranched alkanes of at least 4 members (excludes halogenated alkanes) is 1. The van der Waals surface area contributed by atoms with Crippen molar-refractivity contribution in [3.63, 3.8) is 0 Å². The van der Waals surface area contributed by atoms with Crippen LogP contribution in [0.5, 0.6) is 0 Å². The van der Waals surface area contributed by atoms with E-state index in [1.54, 1.807) is 0 Å². The second-order valence-corrected chi connectivity index (χ2v) is 7.90. The Kier molecular flexibility index (Phi) is 5.51. The lowest BCUT2D eigenvalue weighted by molar-refractivity contribution is 0.675. The highest BCUT2D eigenvalue weighted by Crippen LogP contribution is 2.28. The van der Waals surface area contributed by atoms with Gasteiger partial charge in [0.15, 0.2) is 17.1 Å². The monoisotopic (exact) mass is 329 g/mol. The van der Waals surface area contributed by atoms with E-state index in [9.17, 15) is 0 Å². The number of thioether (sulfide) groups is 1.